The van der Waals surface area contributed by atoms with Gasteiger partial charge in [0.25, 0.3) is 0 Å². The predicted molar refractivity (Wildman–Crippen MR) is 96.5 cm³/mol. The molecule has 24 heavy (non-hydrogen) atoms. The van der Waals surface area contributed by atoms with Crippen molar-refractivity contribution in [3.63, 3.8) is 0 Å². The third-order valence-corrected chi connectivity index (χ3v) is 3.64. The van der Waals surface area contributed by atoms with Gasteiger partial charge in [0.2, 0.25) is 0 Å². The molecule has 0 aliphatic carbocycles. The molecule has 0 fully saturated rings. The summed E-state index contributed by atoms with van der Waals surface area (Å²) >= 11 is 0. The highest BCUT2D eigenvalue weighted by Crippen LogP contribution is 2.18. The molecule has 0 aromatic heterocycles. The van der Waals surface area contributed by atoms with Gasteiger partial charge in [-0.3, -0.25) is 0 Å². The maximum absolute atomic E-state index is 10.1. The molecule has 128 valence electrons. The first-order valence-corrected chi connectivity index (χ1v) is 8.06. The van der Waals surface area contributed by atoms with Crippen LogP contribution in [0.5, 0.6) is 11.5 Å². The van der Waals surface area contributed by atoms with E-state index in [9.17, 15) is 5.11 Å². The highest BCUT2D eigenvalue weighted by molar-refractivity contribution is 5.34. The van der Waals surface area contributed by atoms with Crippen LogP contribution in [0.4, 0.5) is 0 Å². The van der Waals surface area contributed by atoms with E-state index in [1.165, 1.54) is 0 Å². The molecule has 0 aliphatic heterocycles. The van der Waals surface area contributed by atoms with Crippen molar-refractivity contribution < 1.29 is 14.6 Å². The monoisotopic (exact) mass is 327 g/mol. The Labute approximate surface area is 143 Å². The molecule has 0 saturated heterocycles. The number of aliphatic hydroxyl groups excluding tert-OH is 1. The third kappa shape index (κ3) is 5.72. The van der Waals surface area contributed by atoms with Gasteiger partial charge in [-0.15, -0.1) is 6.58 Å². The van der Waals surface area contributed by atoms with Crippen LogP contribution in [0.3, 0.4) is 0 Å². The van der Waals surface area contributed by atoms with Gasteiger partial charge in [-0.05, 0) is 35.7 Å². The van der Waals surface area contributed by atoms with Gasteiger partial charge in [0.15, 0.2) is 0 Å². The Morgan fingerprint density at radius 2 is 1.92 bits per heavy atom. The van der Waals surface area contributed by atoms with Crippen LogP contribution in [0, 0.1) is 0 Å². The second-order valence-corrected chi connectivity index (χ2v) is 5.54. The van der Waals surface area contributed by atoms with Crippen molar-refractivity contribution in [1.82, 2.24) is 5.32 Å². The van der Waals surface area contributed by atoms with Gasteiger partial charge in [-0.2, -0.15) is 0 Å². The van der Waals surface area contributed by atoms with Gasteiger partial charge in [0.1, 0.15) is 24.2 Å². The summed E-state index contributed by atoms with van der Waals surface area (Å²) in [4.78, 5) is 0. The molecule has 0 saturated carbocycles. The summed E-state index contributed by atoms with van der Waals surface area (Å²) in [5, 5.41) is 13.3. The SMILES string of the molecule is C=CCc1ccccc1OCC(O)CNCc1ccc(OC)cc1. The summed E-state index contributed by atoms with van der Waals surface area (Å²) in [7, 11) is 1.65. The van der Waals surface area contributed by atoms with Crippen molar-refractivity contribution in [2.45, 2.75) is 19.1 Å². The summed E-state index contributed by atoms with van der Waals surface area (Å²) in [5.74, 6) is 1.64. The largest absolute Gasteiger partial charge is 0.497 e. The lowest BCUT2D eigenvalue weighted by Gasteiger charge is -2.15. The first-order valence-electron chi connectivity index (χ1n) is 8.06. The smallest absolute Gasteiger partial charge is 0.122 e. The Hall–Kier alpha value is -2.30. The van der Waals surface area contributed by atoms with Gasteiger partial charge in [-0.1, -0.05) is 36.4 Å². The number of benzene rings is 2. The lowest BCUT2D eigenvalue weighted by molar-refractivity contribution is 0.106. The van der Waals surface area contributed by atoms with Crippen LogP contribution in [-0.2, 0) is 13.0 Å². The molecule has 0 spiro atoms. The number of methoxy groups -OCH3 is 1. The van der Waals surface area contributed by atoms with Crippen molar-refractivity contribution in [3.8, 4) is 11.5 Å². The molecule has 0 amide bonds. The first-order chi connectivity index (χ1) is 11.7. The Kier molecular flexibility index (Phi) is 7.33. The Morgan fingerprint density at radius 1 is 1.17 bits per heavy atom. The van der Waals surface area contributed by atoms with E-state index in [0.29, 0.717) is 13.1 Å². The van der Waals surface area contributed by atoms with E-state index in [1.54, 1.807) is 7.11 Å². The van der Waals surface area contributed by atoms with Gasteiger partial charge in [-0.25, -0.2) is 0 Å². The maximum atomic E-state index is 10.1. The highest BCUT2D eigenvalue weighted by Gasteiger charge is 2.07. The number of ether oxygens (including phenoxy) is 2. The van der Waals surface area contributed by atoms with E-state index in [2.05, 4.69) is 11.9 Å². The Bertz CT molecular complexity index is 625. The average molecular weight is 327 g/mol. The molecule has 4 nitrogen and oxygen atoms in total. The molecule has 2 aromatic carbocycles. The second-order valence-electron chi connectivity index (χ2n) is 5.54. The Morgan fingerprint density at radius 3 is 2.62 bits per heavy atom. The van der Waals surface area contributed by atoms with Crippen LogP contribution in [0.1, 0.15) is 11.1 Å². The van der Waals surface area contributed by atoms with Gasteiger partial charge in [0.05, 0.1) is 7.11 Å². The molecule has 2 rings (SSSR count). The van der Waals surface area contributed by atoms with Crippen LogP contribution in [-0.4, -0.2) is 31.5 Å². The molecule has 0 aliphatic rings. The van der Waals surface area contributed by atoms with E-state index in [-0.39, 0.29) is 6.61 Å². The summed E-state index contributed by atoms with van der Waals surface area (Å²) in [5.41, 5.74) is 2.21. The summed E-state index contributed by atoms with van der Waals surface area (Å²) in [6, 6.07) is 15.7. The fourth-order valence-corrected chi connectivity index (χ4v) is 2.34. The average Bonchev–Trinajstić information content (AvgIpc) is 2.62. The number of aliphatic hydroxyl groups is 1. The molecular weight excluding hydrogens is 302 g/mol. The topological polar surface area (TPSA) is 50.7 Å². The molecule has 0 radical (unpaired) electrons. The van der Waals surface area contributed by atoms with Crippen molar-refractivity contribution >= 4 is 0 Å². The van der Waals surface area contributed by atoms with Gasteiger partial charge >= 0.3 is 0 Å². The van der Waals surface area contributed by atoms with Crippen LogP contribution in [0.25, 0.3) is 0 Å². The second kappa shape index (κ2) is 9.75. The fourth-order valence-electron chi connectivity index (χ4n) is 2.34. The van der Waals surface area contributed by atoms with E-state index in [0.717, 1.165) is 29.0 Å². The van der Waals surface area contributed by atoms with E-state index >= 15 is 0 Å². The molecule has 2 N–H and O–H groups in total. The first kappa shape index (κ1) is 18.0. The minimum absolute atomic E-state index is 0.254. The van der Waals surface area contributed by atoms with E-state index in [1.807, 2.05) is 54.6 Å². The molecule has 0 heterocycles. The van der Waals surface area contributed by atoms with E-state index < -0.39 is 6.10 Å². The minimum atomic E-state index is -0.569. The predicted octanol–water partition coefficient (Wildman–Crippen LogP) is 2.95. The number of nitrogens with one attached hydrogen (secondary N) is 1. The van der Waals surface area contributed by atoms with Crippen LogP contribution in [0.2, 0.25) is 0 Å². The number of hydrogen-bond acceptors (Lipinski definition) is 4. The van der Waals surface area contributed by atoms with Crippen molar-refractivity contribution in [2.24, 2.45) is 0 Å². The lowest BCUT2D eigenvalue weighted by atomic mass is 10.1. The Balaban J connectivity index is 1.73. The van der Waals surface area contributed by atoms with Crippen molar-refractivity contribution in [3.05, 3.63) is 72.3 Å². The van der Waals surface area contributed by atoms with Crippen LogP contribution < -0.4 is 14.8 Å². The molecular formula is C20H25NO3. The minimum Gasteiger partial charge on any atom is -0.497 e. The van der Waals surface area contributed by atoms with E-state index in [4.69, 9.17) is 9.47 Å². The summed E-state index contributed by atoms with van der Waals surface area (Å²) in [6.45, 7) is 5.16. The maximum Gasteiger partial charge on any atom is 0.122 e. The molecule has 1 unspecified atom stereocenters. The highest BCUT2D eigenvalue weighted by atomic mass is 16.5. The lowest BCUT2D eigenvalue weighted by Crippen LogP contribution is -2.31. The number of rotatable bonds is 10. The molecule has 4 heteroatoms. The summed E-state index contributed by atoms with van der Waals surface area (Å²) in [6.07, 6.45) is 2.02. The third-order valence-electron chi connectivity index (χ3n) is 3.64. The zero-order chi connectivity index (χ0) is 17.2. The van der Waals surface area contributed by atoms with Gasteiger partial charge in [0, 0.05) is 13.1 Å². The standard InChI is InChI=1S/C20H25NO3/c1-3-6-17-7-4-5-8-20(17)24-15-18(22)14-21-13-16-9-11-19(23-2)12-10-16/h3-5,7-12,18,21-22H,1,6,13-15H2,2H3. The van der Waals surface area contributed by atoms with Crippen molar-refractivity contribution in [2.75, 3.05) is 20.3 Å². The number of para-hydroxylation sites is 1. The van der Waals surface area contributed by atoms with Crippen molar-refractivity contribution in [1.29, 1.82) is 0 Å². The van der Waals surface area contributed by atoms with Gasteiger partial charge < -0.3 is 19.9 Å². The zero-order valence-electron chi connectivity index (χ0n) is 14.1. The number of hydrogen-bond donors (Lipinski definition) is 2. The molecule has 2 aromatic rings. The molecule has 0 bridgehead atoms. The molecule has 1 atom stereocenters. The fraction of sp³-hybridized carbons (Fsp3) is 0.300. The zero-order valence-corrected chi connectivity index (χ0v) is 14.1. The van der Waals surface area contributed by atoms with Crippen LogP contribution >= 0.6 is 0 Å². The normalized spacial score (nSPS) is 11.8. The summed E-state index contributed by atoms with van der Waals surface area (Å²) < 4.78 is 10.9. The van der Waals surface area contributed by atoms with Crippen LogP contribution in [0.15, 0.2) is 61.2 Å². The quantitative estimate of drug-likeness (QED) is 0.659. The number of allylic oxidation sites excluding steroid dienone is 1.